The molecule has 1 aliphatic rings. The first kappa shape index (κ1) is 27.9. The molecule has 1 atom stereocenters. The van der Waals surface area contributed by atoms with Crippen molar-refractivity contribution in [3.63, 3.8) is 0 Å². The first-order chi connectivity index (χ1) is 20.5. The fourth-order valence-corrected chi connectivity index (χ4v) is 6.40. The predicted octanol–water partition coefficient (Wildman–Crippen LogP) is 5.58. The Morgan fingerprint density at radius 1 is 0.952 bits per heavy atom. The summed E-state index contributed by atoms with van der Waals surface area (Å²) in [6, 6.07) is 26.0. The quantitative estimate of drug-likeness (QED) is 0.177. The average molecular weight is 579 g/mol. The number of carbonyl (C=O) groups excluding carboxylic acids is 2. The summed E-state index contributed by atoms with van der Waals surface area (Å²) in [5.74, 6) is 0.871. The van der Waals surface area contributed by atoms with Crippen LogP contribution in [0.1, 0.15) is 41.3 Å². The molecule has 9 heteroatoms. The van der Waals surface area contributed by atoms with Gasteiger partial charge in [0.2, 0.25) is 11.1 Å². The maximum absolute atomic E-state index is 13.0. The number of piperazine rings is 1. The second-order valence-corrected chi connectivity index (χ2v) is 11.9. The maximum Gasteiger partial charge on any atom is 0.254 e. The highest BCUT2D eigenvalue weighted by Crippen LogP contribution is 2.28. The minimum atomic E-state index is -0.0254. The predicted molar refractivity (Wildman–Crippen MR) is 167 cm³/mol. The molecular weight excluding hydrogens is 544 g/mol. The third-order valence-electron chi connectivity index (χ3n) is 7.81. The van der Waals surface area contributed by atoms with Gasteiger partial charge < -0.3 is 14.4 Å². The van der Waals surface area contributed by atoms with Gasteiger partial charge in [0.1, 0.15) is 5.52 Å². The molecule has 0 N–H and O–H groups in total. The van der Waals surface area contributed by atoms with Gasteiger partial charge in [-0.25, -0.2) is 4.98 Å². The van der Waals surface area contributed by atoms with Crippen LogP contribution in [0.15, 0.2) is 84.0 Å². The minimum Gasteiger partial charge on any atom is -0.339 e. The summed E-state index contributed by atoms with van der Waals surface area (Å²) in [6.07, 6.45) is 1.17. The van der Waals surface area contributed by atoms with Gasteiger partial charge in [-0.05, 0) is 44.0 Å². The van der Waals surface area contributed by atoms with Crippen molar-refractivity contribution < 1.29 is 9.59 Å². The van der Waals surface area contributed by atoms with Crippen molar-refractivity contribution in [2.24, 2.45) is 0 Å². The zero-order valence-corrected chi connectivity index (χ0v) is 24.8. The van der Waals surface area contributed by atoms with Crippen molar-refractivity contribution in [1.29, 1.82) is 0 Å². The first-order valence-electron chi connectivity index (χ1n) is 14.4. The number of rotatable bonds is 8. The monoisotopic (exact) mass is 578 g/mol. The van der Waals surface area contributed by atoms with Crippen molar-refractivity contribution in [1.82, 2.24) is 29.5 Å². The number of aryl methyl sites for hydroxylation is 1. The van der Waals surface area contributed by atoms with Crippen LogP contribution in [0.2, 0.25) is 0 Å². The minimum absolute atomic E-state index is 0.0232. The molecule has 0 bridgehead atoms. The van der Waals surface area contributed by atoms with Gasteiger partial charge in [-0.3, -0.25) is 9.59 Å². The van der Waals surface area contributed by atoms with Crippen LogP contribution in [0.5, 0.6) is 0 Å². The molecule has 214 valence electrons. The van der Waals surface area contributed by atoms with E-state index in [2.05, 4.69) is 58.1 Å². The average Bonchev–Trinajstić information content (AvgIpc) is 3.32. The number of benzene rings is 3. The van der Waals surface area contributed by atoms with Crippen LogP contribution in [-0.2, 0) is 11.3 Å². The summed E-state index contributed by atoms with van der Waals surface area (Å²) >= 11 is 1.53. The molecule has 1 aliphatic heterocycles. The smallest absolute Gasteiger partial charge is 0.254 e. The molecule has 1 unspecified atom stereocenters. The number of para-hydroxylation sites is 1. The number of thioether (sulfide) groups is 1. The number of fused-ring (bicyclic) bond motifs is 3. The molecule has 0 saturated carbocycles. The highest BCUT2D eigenvalue weighted by atomic mass is 32.2. The molecule has 2 aromatic heterocycles. The molecule has 3 aromatic carbocycles. The van der Waals surface area contributed by atoms with E-state index in [1.54, 1.807) is 0 Å². The highest BCUT2D eigenvalue weighted by Gasteiger charge is 2.30. The topological polar surface area (TPSA) is 84.2 Å². The van der Waals surface area contributed by atoms with Gasteiger partial charge in [-0.15, -0.1) is 10.2 Å². The van der Waals surface area contributed by atoms with E-state index >= 15 is 0 Å². The van der Waals surface area contributed by atoms with E-state index in [0.717, 1.165) is 27.8 Å². The Morgan fingerprint density at radius 3 is 2.57 bits per heavy atom. The summed E-state index contributed by atoms with van der Waals surface area (Å²) in [5.41, 5.74) is 5.84. The Labute approximate surface area is 249 Å². The second-order valence-electron chi connectivity index (χ2n) is 10.9. The Balaban J connectivity index is 1.07. The Morgan fingerprint density at radius 2 is 1.76 bits per heavy atom. The third-order valence-corrected chi connectivity index (χ3v) is 8.73. The van der Waals surface area contributed by atoms with Gasteiger partial charge in [0.25, 0.3) is 5.91 Å². The third kappa shape index (κ3) is 5.87. The molecule has 1 fully saturated rings. The van der Waals surface area contributed by atoms with Crippen molar-refractivity contribution >= 4 is 45.6 Å². The van der Waals surface area contributed by atoms with Gasteiger partial charge in [-0.2, -0.15) is 0 Å². The van der Waals surface area contributed by atoms with Crippen LogP contribution < -0.4 is 0 Å². The van der Waals surface area contributed by atoms with Crippen LogP contribution in [0.4, 0.5) is 0 Å². The fraction of sp³-hybridized carbons (Fsp3) is 0.303. The normalized spacial score (nSPS) is 15.4. The molecule has 0 aliphatic carbocycles. The Kier molecular flexibility index (Phi) is 8.19. The molecule has 2 amide bonds. The molecular formula is C33H34N6O2S. The van der Waals surface area contributed by atoms with E-state index < -0.39 is 0 Å². The lowest BCUT2D eigenvalue weighted by Crippen LogP contribution is -2.55. The fourth-order valence-electron chi connectivity index (χ4n) is 5.68. The molecule has 6 rings (SSSR count). The zero-order valence-electron chi connectivity index (χ0n) is 23.9. The second kappa shape index (κ2) is 12.3. The van der Waals surface area contributed by atoms with E-state index in [1.165, 1.54) is 22.9 Å². The molecule has 42 heavy (non-hydrogen) atoms. The van der Waals surface area contributed by atoms with Crippen LogP contribution in [0.3, 0.4) is 0 Å². The molecule has 0 radical (unpaired) electrons. The van der Waals surface area contributed by atoms with Crippen LogP contribution in [-0.4, -0.2) is 72.8 Å². The van der Waals surface area contributed by atoms with Crippen molar-refractivity contribution in [3.05, 3.63) is 95.6 Å². The van der Waals surface area contributed by atoms with Crippen molar-refractivity contribution in [3.8, 4) is 0 Å². The lowest BCUT2D eigenvalue weighted by molar-refractivity contribution is -0.133. The van der Waals surface area contributed by atoms with Gasteiger partial charge in [-0.1, -0.05) is 78.0 Å². The Bertz CT molecular complexity index is 1740. The Hall–Kier alpha value is -4.24. The number of nitrogens with zero attached hydrogens (tertiary/aromatic N) is 6. The van der Waals surface area contributed by atoms with Crippen molar-refractivity contribution in [2.75, 3.05) is 25.4 Å². The zero-order chi connectivity index (χ0) is 29.1. The lowest BCUT2D eigenvalue weighted by Gasteiger charge is -2.40. The first-order valence-corrected chi connectivity index (χ1v) is 15.4. The summed E-state index contributed by atoms with van der Waals surface area (Å²) in [5, 5.41) is 10.6. The van der Waals surface area contributed by atoms with E-state index in [-0.39, 0.29) is 17.9 Å². The largest absolute Gasteiger partial charge is 0.339 e. The highest BCUT2D eigenvalue weighted by molar-refractivity contribution is 7.99. The summed E-state index contributed by atoms with van der Waals surface area (Å²) in [6.45, 7) is 6.47. The number of carbonyl (C=O) groups is 2. The van der Waals surface area contributed by atoms with Gasteiger partial charge in [0.05, 0.1) is 5.52 Å². The van der Waals surface area contributed by atoms with Crippen LogP contribution in [0.25, 0.3) is 22.1 Å². The van der Waals surface area contributed by atoms with Crippen LogP contribution in [0, 0.1) is 6.92 Å². The van der Waals surface area contributed by atoms with Gasteiger partial charge >= 0.3 is 0 Å². The van der Waals surface area contributed by atoms with Gasteiger partial charge in [0, 0.05) is 55.3 Å². The number of amides is 2. The number of aromatic nitrogens is 4. The lowest BCUT2D eigenvalue weighted by atomic mass is 10.1. The molecule has 1 saturated heterocycles. The summed E-state index contributed by atoms with van der Waals surface area (Å²) in [7, 11) is 0. The summed E-state index contributed by atoms with van der Waals surface area (Å²) in [4.78, 5) is 34.5. The number of hydrogen-bond acceptors (Lipinski definition) is 6. The summed E-state index contributed by atoms with van der Waals surface area (Å²) < 4.78 is 2.21. The van der Waals surface area contributed by atoms with E-state index in [1.807, 2.05) is 59.2 Å². The standard InChI is InChI=1S/C33H34N6O2S/c1-23-10-8-11-25(20-23)22-39-28-15-7-6-14-27(28)30-31(39)34-33(36-35-30)42-19-9-16-29(40)37-17-18-38(24(2)21-37)32(41)26-12-4-3-5-13-26/h3-8,10-15,20,24H,9,16-19,21-22H2,1-2H3. The van der Waals surface area contributed by atoms with Gasteiger partial charge in [0.15, 0.2) is 5.65 Å². The number of hydrogen-bond donors (Lipinski definition) is 0. The van der Waals surface area contributed by atoms with Crippen molar-refractivity contribution in [2.45, 2.75) is 44.4 Å². The van der Waals surface area contributed by atoms with Crippen LogP contribution >= 0.6 is 11.8 Å². The molecule has 5 aromatic rings. The molecule has 3 heterocycles. The molecule has 8 nitrogen and oxygen atoms in total. The van der Waals surface area contributed by atoms with E-state index in [0.29, 0.717) is 49.7 Å². The van der Waals surface area contributed by atoms with E-state index in [4.69, 9.17) is 4.98 Å². The maximum atomic E-state index is 13.0. The SMILES string of the molecule is Cc1cccc(Cn2c3ccccc3c3nnc(SCCCC(=O)N4CCN(C(=O)c5ccccc5)C(C)C4)nc32)c1. The molecule has 0 spiro atoms. The van der Waals surface area contributed by atoms with E-state index in [9.17, 15) is 9.59 Å².